The van der Waals surface area contributed by atoms with Crippen LogP contribution >= 0.6 is 15.9 Å². The van der Waals surface area contributed by atoms with E-state index in [0.717, 1.165) is 6.54 Å². The minimum Gasteiger partial charge on any atom is -0.306 e. The van der Waals surface area contributed by atoms with Crippen LogP contribution in [0, 0.1) is 0 Å². The van der Waals surface area contributed by atoms with Crippen molar-refractivity contribution in [2.24, 2.45) is 0 Å². The lowest BCUT2D eigenvalue weighted by Crippen LogP contribution is -2.18. The molecule has 110 valence electrons. The minimum absolute atomic E-state index is 0.488. The summed E-state index contributed by atoms with van der Waals surface area (Å²) in [5, 5.41) is 3.71. The lowest BCUT2D eigenvalue weighted by molar-refractivity contribution is 0.530. The first-order valence-electron chi connectivity index (χ1n) is 7.74. The fourth-order valence-electron chi connectivity index (χ4n) is 3.08. The molecule has 0 aliphatic heterocycles. The van der Waals surface area contributed by atoms with E-state index in [2.05, 4.69) is 77.6 Å². The third kappa shape index (κ3) is 3.22. The Morgan fingerprint density at radius 1 is 1.14 bits per heavy atom. The van der Waals surface area contributed by atoms with Crippen molar-refractivity contribution in [3.63, 3.8) is 0 Å². The largest absolute Gasteiger partial charge is 0.306 e. The van der Waals surface area contributed by atoms with Gasteiger partial charge in [-0.05, 0) is 47.1 Å². The van der Waals surface area contributed by atoms with Crippen molar-refractivity contribution in [3.05, 3.63) is 69.2 Å². The summed E-state index contributed by atoms with van der Waals surface area (Å²) in [5.41, 5.74) is 5.71. The van der Waals surface area contributed by atoms with E-state index in [9.17, 15) is 0 Å². The highest BCUT2D eigenvalue weighted by molar-refractivity contribution is 9.10. The van der Waals surface area contributed by atoms with E-state index in [-0.39, 0.29) is 0 Å². The molecule has 21 heavy (non-hydrogen) atoms. The van der Waals surface area contributed by atoms with Crippen LogP contribution in [0.3, 0.4) is 0 Å². The molecule has 1 N–H and O–H groups in total. The summed E-state index contributed by atoms with van der Waals surface area (Å²) in [4.78, 5) is 0. The Hall–Kier alpha value is -1.12. The van der Waals surface area contributed by atoms with Crippen molar-refractivity contribution in [1.82, 2.24) is 5.32 Å². The first kappa shape index (κ1) is 14.8. The van der Waals surface area contributed by atoms with E-state index in [1.54, 1.807) is 0 Å². The number of hydrogen-bond acceptors (Lipinski definition) is 1. The predicted molar refractivity (Wildman–Crippen MR) is 92.6 cm³/mol. The maximum absolute atomic E-state index is 3.71. The third-order valence-corrected chi connectivity index (χ3v) is 5.16. The van der Waals surface area contributed by atoms with Crippen molar-refractivity contribution in [2.75, 3.05) is 0 Å². The van der Waals surface area contributed by atoms with Gasteiger partial charge in [-0.25, -0.2) is 0 Å². The second-order valence-corrected chi connectivity index (χ2v) is 7.03. The molecule has 1 aliphatic rings. The fourth-order valence-corrected chi connectivity index (χ4v) is 3.66. The van der Waals surface area contributed by atoms with Gasteiger partial charge in [0.1, 0.15) is 0 Å². The molecule has 2 heteroatoms. The second kappa shape index (κ2) is 6.33. The van der Waals surface area contributed by atoms with E-state index in [4.69, 9.17) is 0 Å². The second-order valence-electron chi connectivity index (χ2n) is 6.18. The molecular weight excluding hydrogens is 322 g/mol. The number of nitrogens with one attached hydrogen (secondary N) is 1. The molecule has 1 nitrogen and oxygen atoms in total. The van der Waals surface area contributed by atoms with Gasteiger partial charge in [-0.15, -0.1) is 0 Å². The summed E-state index contributed by atoms with van der Waals surface area (Å²) in [6, 6.07) is 16.0. The Kier molecular flexibility index (Phi) is 4.46. The van der Waals surface area contributed by atoms with Crippen LogP contribution in [-0.2, 0) is 13.0 Å². The number of benzene rings is 2. The molecule has 0 heterocycles. The standard InChI is InChI=1S/C19H22BrN/c1-13(2)15-8-6-14(7-9-15)12-21-19-11-10-16-17(19)4-3-5-18(16)20/h3-9,13,19,21H,10-12H2,1-2H3. The summed E-state index contributed by atoms with van der Waals surface area (Å²) in [7, 11) is 0. The average molecular weight is 344 g/mol. The highest BCUT2D eigenvalue weighted by atomic mass is 79.9. The molecule has 2 aromatic carbocycles. The molecule has 0 spiro atoms. The maximum atomic E-state index is 3.71. The highest BCUT2D eigenvalue weighted by Crippen LogP contribution is 2.35. The molecular formula is C19H22BrN. The Balaban J connectivity index is 1.66. The SMILES string of the molecule is CC(C)c1ccc(CNC2CCc3c(Br)cccc32)cc1. The molecule has 3 rings (SSSR count). The smallest absolute Gasteiger partial charge is 0.0329 e. The molecule has 0 radical (unpaired) electrons. The summed E-state index contributed by atoms with van der Waals surface area (Å²) in [6.07, 6.45) is 2.36. The number of halogens is 1. The van der Waals surface area contributed by atoms with Crippen LogP contribution in [0.25, 0.3) is 0 Å². The summed E-state index contributed by atoms with van der Waals surface area (Å²) >= 11 is 3.66. The number of hydrogen-bond donors (Lipinski definition) is 1. The Bertz CT molecular complexity index is 616. The van der Waals surface area contributed by atoms with Crippen LogP contribution in [0.4, 0.5) is 0 Å². The van der Waals surface area contributed by atoms with Crippen molar-refractivity contribution >= 4 is 15.9 Å². The Morgan fingerprint density at radius 2 is 1.90 bits per heavy atom. The van der Waals surface area contributed by atoms with Crippen LogP contribution in [0.2, 0.25) is 0 Å². The van der Waals surface area contributed by atoms with E-state index in [0.29, 0.717) is 12.0 Å². The molecule has 0 bridgehead atoms. The monoisotopic (exact) mass is 343 g/mol. The van der Waals surface area contributed by atoms with Crippen LogP contribution in [0.5, 0.6) is 0 Å². The van der Waals surface area contributed by atoms with E-state index in [1.807, 2.05) is 0 Å². The van der Waals surface area contributed by atoms with Gasteiger partial charge in [-0.3, -0.25) is 0 Å². The summed E-state index contributed by atoms with van der Waals surface area (Å²) in [5.74, 6) is 0.603. The average Bonchev–Trinajstić information content (AvgIpc) is 2.90. The molecule has 0 aromatic heterocycles. The van der Waals surface area contributed by atoms with Gasteiger partial charge in [0.2, 0.25) is 0 Å². The summed E-state index contributed by atoms with van der Waals surface area (Å²) in [6.45, 7) is 5.41. The number of fused-ring (bicyclic) bond motifs is 1. The van der Waals surface area contributed by atoms with Gasteiger partial charge in [-0.2, -0.15) is 0 Å². The van der Waals surface area contributed by atoms with Gasteiger partial charge in [-0.1, -0.05) is 66.2 Å². The quantitative estimate of drug-likeness (QED) is 0.788. The molecule has 2 aromatic rings. The van der Waals surface area contributed by atoms with Gasteiger partial charge in [0.25, 0.3) is 0 Å². The van der Waals surface area contributed by atoms with Crippen molar-refractivity contribution in [3.8, 4) is 0 Å². The third-order valence-electron chi connectivity index (χ3n) is 4.41. The normalized spacial score (nSPS) is 17.2. The number of rotatable bonds is 4. The zero-order chi connectivity index (χ0) is 14.8. The topological polar surface area (TPSA) is 12.0 Å². The fraction of sp³-hybridized carbons (Fsp3) is 0.368. The van der Waals surface area contributed by atoms with Crippen molar-refractivity contribution < 1.29 is 0 Å². The molecule has 0 saturated carbocycles. The van der Waals surface area contributed by atoms with Crippen LogP contribution < -0.4 is 5.32 Å². The Labute approximate surface area is 135 Å². The van der Waals surface area contributed by atoms with Gasteiger partial charge in [0.15, 0.2) is 0 Å². The molecule has 0 saturated heterocycles. The lowest BCUT2D eigenvalue weighted by Gasteiger charge is -2.15. The molecule has 0 fully saturated rings. The van der Waals surface area contributed by atoms with Gasteiger partial charge in [0.05, 0.1) is 0 Å². The first-order chi connectivity index (χ1) is 10.1. The first-order valence-corrected chi connectivity index (χ1v) is 8.54. The van der Waals surface area contributed by atoms with E-state index in [1.165, 1.54) is 39.6 Å². The van der Waals surface area contributed by atoms with Gasteiger partial charge >= 0.3 is 0 Å². The van der Waals surface area contributed by atoms with Gasteiger partial charge < -0.3 is 5.32 Å². The van der Waals surface area contributed by atoms with E-state index >= 15 is 0 Å². The maximum Gasteiger partial charge on any atom is 0.0329 e. The molecule has 0 amide bonds. The van der Waals surface area contributed by atoms with E-state index < -0.39 is 0 Å². The lowest BCUT2D eigenvalue weighted by atomic mass is 10.0. The van der Waals surface area contributed by atoms with Crippen molar-refractivity contribution in [2.45, 2.75) is 45.2 Å². The molecule has 1 aliphatic carbocycles. The van der Waals surface area contributed by atoms with Crippen LogP contribution in [0.15, 0.2) is 46.9 Å². The van der Waals surface area contributed by atoms with Crippen LogP contribution in [-0.4, -0.2) is 0 Å². The highest BCUT2D eigenvalue weighted by Gasteiger charge is 2.23. The minimum atomic E-state index is 0.488. The Morgan fingerprint density at radius 3 is 2.62 bits per heavy atom. The zero-order valence-electron chi connectivity index (χ0n) is 12.7. The van der Waals surface area contributed by atoms with Crippen molar-refractivity contribution in [1.29, 1.82) is 0 Å². The molecule has 1 atom stereocenters. The predicted octanol–water partition coefficient (Wildman–Crippen LogP) is 5.35. The van der Waals surface area contributed by atoms with Gasteiger partial charge in [0, 0.05) is 17.1 Å². The van der Waals surface area contributed by atoms with Crippen LogP contribution in [0.1, 0.15) is 54.5 Å². The zero-order valence-corrected chi connectivity index (χ0v) is 14.3. The summed E-state index contributed by atoms with van der Waals surface area (Å²) < 4.78 is 1.26. The molecule has 1 unspecified atom stereocenters.